The molecule has 10 heteroatoms. The zero-order valence-corrected chi connectivity index (χ0v) is 23.9. The van der Waals surface area contributed by atoms with Crippen LogP contribution in [0.15, 0.2) is 72.8 Å². The van der Waals surface area contributed by atoms with Crippen LogP contribution in [0.3, 0.4) is 0 Å². The summed E-state index contributed by atoms with van der Waals surface area (Å²) in [6.45, 7) is 1.99. The lowest BCUT2D eigenvalue weighted by Crippen LogP contribution is -2.35. The fourth-order valence-electron chi connectivity index (χ4n) is 4.83. The maximum absolute atomic E-state index is 14.8. The second kappa shape index (κ2) is 12.2. The fraction of sp³-hybridized carbons (Fsp3) is 0.233. The quantitative estimate of drug-likeness (QED) is 0.163. The Balaban J connectivity index is 1.41. The molecule has 4 aromatic rings. The number of imide groups is 1. The number of carbonyl (C=O) groups excluding carboxylic acids is 2. The van der Waals surface area contributed by atoms with Crippen LogP contribution in [0.5, 0.6) is 5.75 Å². The van der Waals surface area contributed by atoms with Crippen LogP contribution in [0.25, 0.3) is 11.3 Å². The van der Waals surface area contributed by atoms with E-state index in [2.05, 4.69) is 32.9 Å². The van der Waals surface area contributed by atoms with Crippen LogP contribution in [0, 0.1) is 16.3 Å². The fourth-order valence-corrected chi connectivity index (χ4v) is 5.28. The Bertz CT molecular complexity index is 1510. The van der Waals surface area contributed by atoms with Crippen molar-refractivity contribution < 1.29 is 23.8 Å². The molecule has 0 bridgehead atoms. The first-order valence-corrected chi connectivity index (χ1v) is 13.9. The molecule has 2 atom stereocenters. The lowest BCUT2D eigenvalue weighted by Gasteiger charge is -2.21. The molecule has 206 valence electrons. The van der Waals surface area contributed by atoms with Crippen molar-refractivity contribution in [2.24, 2.45) is 0 Å². The Morgan fingerprint density at radius 2 is 1.85 bits per heavy atom. The van der Waals surface area contributed by atoms with E-state index in [-0.39, 0.29) is 37.4 Å². The number of aryl methyl sites for hydroxylation is 1. The third-order valence-electron chi connectivity index (χ3n) is 6.80. The summed E-state index contributed by atoms with van der Waals surface area (Å²) in [6.07, 6.45) is 0.515. The van der Waals surface area contributed by atoms with E-state index in [0.29, 0.717) is 40.5 Å². The van der Waals surface area contributed by atoms with Crippen LogP contribution in [-0.2, 0) is 11.2 Å². The summed E-state index contributed by atoms with van der Waals surface area (Å²) >= 11 is 2.06. The third kappa shape index (κ3) is 6.02. The van der Waals surface area contributed by atoms with Gasteiger partial charge in [-0.25, -0.2) is 14.2 Å². The number of aliphatic hydroxyl groups is 1. The molecule has 8 nitrogen and oxygen atoms in total. The summed E-state index contributed by atoms with van der Waals surface area (Å²) < 4.78 is 21.0. The van der Waals surface area contributed by atoms with Crippen LogP contribution < -0.4 is 10.1 Å². The number of hydrogen-bond donors (Lipinski definition) is 3. The summed E-state index contributed by atoms with van der Waals surface area (Å²) in [4.78, 5) is 35.8. The van der Waals surface area contributed by atoms with Gasteiger partial charge in [0.2, 0.25) is 0 Å². The van der Waals surface area contributed by atoms with E-state index in [1.54, 1.807) is 30.3 Å². The third-order valence-corrected chi connectivity index (χ3v) is 7.47. The maximum atomic E-state index is 14.8. The van der Waals surface area contributed by atoms with E-state index in [9.17, 15) is 14.0 Å². The molecule has 3 amide bonds. The molecule has 3 aromatic carbocycles. The van der Waals surface area contributed by atoms with Gasteiger partial charge in [0.25, 0.3) is 5.91 Å². The second-order valence-corrected chi connectivity index (χ2v) is 10.8. The van der Waals surface area contributed by atoms with Gasteiger partial charge in [-0.3, -0.25) is 9.69 Å². The van der Waals surface area contributed by atoms with Gasteiger partial charge in [-0.2, -0.15) is 0 Å². The predicted octanol–water partition coefficient (Wildman–Crippen LogP) is 5.12. The minimum Gasteiger partial charge on any atom is -0.491 e. The van der Waals surface area contributed by atoms with Gasteiger partial charge in [0, 0.05) is 27.3 Å². The molecule has 0 radical (unpaired) electrons. The summed E-state index contributed by atoms with van der Waals surface area (Å²) in [7, 11) is 0. The number of hydrogen-bond acceptors (Lipinski definition) is 5. The number of imidazole rings is 1. The van der Waals surface area contributed by atoms with E-state index in [1.807, 2.05) is 43.3 Å². The lowest BCUT2D eigenvalue weighted by molar-refractivity contribution is -0.127. The number of aromatic nitrogens is 2. The van der Waals surface area contributed by atoms with Gasteiger partial charge >= 0.3 is 6.03 Å². The number of benzene rings is 3. The first kappa shape index (κ1) is 27.8. The molecule has 5 rings (SSSR count). The van der Waals surface area contributed by atoms with E-state index in [0.717, 1.165) is 9.13 Å². The molecule has 1 unspecified atom stereocenters. The van der Waals surface area contributed by atoms with Crippen molar-refractivity contribution in [3.05, 3.63) is 105 Å². The van der Waals surface area contributed by atoms with Gasteiger partial charge in [-0.1, -0.05) is 42.5 Å². The molecule has 1 aliphatic rings. The van der Waals surface area contributed by atoms with Gasteiger partial charge in [0.05, 0.1) is 12.3 Å². The number of nitrogens with zero attached hydrogens (tertiary/aromatic N) is 2. The van der Waals surface area contributed by atoms with Crippen LogP contribution in [-0.4, -0.2) is 51.7 Å². The molecule has 1 fully saturated rings. The first-order chi connectivity index (χ1) is 19.3. The van der Waals surface area contributed by atoms with Gasteiger partial charge in [-0.05, 0) is 77.4 Å². The molecule has 1 saturated heterocycles. The van der Waals surface area contributed by atoms with E-state index in [1.165, 1.54) is 11.0 Å². The number of rotatable bonds is 10. The van der Waals surface area contributed by atoms with Crippen molar-refractivity contribution in [1.82, 2.24) is 20.2 Å². The average molecular weight is 654 g/mol. The lowest BCUT2D eigenvalue weighted by atomic mass is 9.97. The first-order valence-electron chi connectivity index (χ1n) is 12.9. The van der Waals surface area contributed by atoms with Crippen molar-refractivity contribution in [3.8, 4) is 17.0 Å². The molecule has 1 aliphatic heterocycles. The number of nitrogens with one attached hydrogen (secondary N) is 2. The van der Waals surface area contributed by atoms with E-state index in [4.69, 9.17) is 14.8 Å². The Hall–Kier alpha value is -3.77. The predicted molar refractivity (Wildman–Crippen MR) is 156 cm³/mol. The Morgan fingerprint density at radius 3 is 2.55 bits per heavy atom. The highest BCUT2D eigenvalue weighted by atomic mass is 127. The van der Waals surface area contributed by atoms with Gasteiger partial charge in [-0.15, -0.1) is 0 Å². The Kier molecular flexibility index (Phi) is 8.46. The molecular weight excluding hydrogens is 626 g/mol. The summed E-state index contributed by atoms with van der Waals surface area (Å²) in [5.41, 5.74) is 3.24. The largest absolute Gasteiger partial charge is 0.491 e. The number of aromatic amines is 1. The number of H-pyrrole nitrogens is 1. The minimum atomic E-state index is -0.827. The molecule has 0 aliphatic carbocycles. The molecule has 40 heavy (non-hydrogen) atoms. The van der Waals surface area contributed by atoms with Crippen LogP contribution in [0.2, 0.25) is 0 Å². The smallest absolute Gasteiger partial charge is 0.325 e. The van der Waals surface area contributed by atoms with Crippen LogP contribution in [0.1, 0.15) is 34.6 Å². The molecule has 2 heterocycles. The van der Waals surface area contributed by atoms with Crippen molar-refractivity contribution in [1.29, 1.82) is 0 Å². The van der Waals surface area contributed by atoms with Crippen molar-refractivity contribution in [2.45, 2.75) is 25.3 Å². The van der Waals surface area contributed by atoms with Crippen molar-refractivity contribution in [2.75, 3.05) is 19.8 Å². The molecule has 1 aromatic heterocycles. The van der Waals surface area contributed by atoms with Crippen molar-refractivity contribution >= 4 is 34.5 Å². The SMILES string of the molecule is Cc1[nH]c(C(Cc2ccccc2)CN2C(=O)N[C@H](c3ccc(OCCO)cc3)C2=O)nc1-c1ccc(I)cc1F. The monoisotopic (exact) mass is 654 g/mol. The summed E-state index contributed by atoms with van der Waals surface area (Å²) in [5.74, 6) is 0.0489. The summed E-state index contributed by atoms with van der Waals surface area (Å²) in [5, 5.41) is 11.7. The number of ether oxygens (including phenoxy) is 1. The Labute approximate surface area is 244 Å². The highest BCUT2D eigenvalue weighted by Gasteiger charge is 2.40. The van der Waals surface area contributed by atoms with Gasteiger partial charge in [0.15, 0.2) is 0 Å². The standard InChI is InChI=1S/C30H28FIN4O4/c1-18-26(24-12-9-22(32)16-25(24)31)34-28(33-18)21(15-19-5-3-2-4-6-19)17-36-29(38)27(35-30(36)39)20-7-10-23(11-8-20)40-14-13-37/h2-12,16,21,27,37H,13-15,17H2,1H3,(H,33,34)(H,35,39)/t21?,27-/m1/s1. The normalized spacial score (nSPS) is 15.8. The molecule has 0 spiro atoms. The second-order valence-electron chi connectivity index (χ2n) is 9.58. The van der Waals surface area contributed by atoms with Crippen LogP contribution in [0.4, 0.5) is 9.18 Å². The average Bonchev–Trinajstić information content (AvgIpc) is 3.46. The number of amides is 3. The van der Waals surface area contributed by atoms with Gasteiger partial charge in [0.1, 0.15) is 30.0 Å². The number of halogens is 2. The van der Waals surface area contributed by atoms with E-state index < -0.39 is 12.1 Å². The topological polar surface area (TPSA) is 108 Å². The highest BCUT2D eigenvalue weighted by molar-refractivity contribution is 14.1. The van der Waals surface area contributed by atoms with Crippen LogP contribution >= 0.6 is 22.6 Å². The molecule has 3 N–H and O–H groups in total. The molecule has 0 saturated carbocycles. The zero-order chi connectivity index (χ0) is 28.2. The number of urea groups is 1. The van der Waals surface area contributed by atoms with Gasteiger partial charge < -0.3 is 20.1 Å². The van der Waals surface area contributed by atoms with E-state index >= 15 is 0 Å². The Morgan fingerprint density at radius 1 is 1.10 bits per heavy atom. The molecular formula is C30H28FIN4O4. The maximum Gasteiger partial charge on any atom is 0.325 e. The minimum absolute atomic E-state index is 0.0926. The highest BCUT2D eigenvalue weighted by Crippen LogP contribution is 2.31. The summed E-state index contributed by atoms with van der Waals surface area (Å²) in [6, 6.07) is 20.3. The number of aliphatic hydroxyl groups excluding tert-OH is 1. The van der Waals surface area contributed by atoms with Crippen molar-refractivity contribution in [3.63, 3.8) is 0 Å². The number of carbonyl (C=O) groups is 2. The zero-order valence-electron chi connectivity index (χ0n) is 21.7.